The molecule has 154 valence electrons. The minimum Gasteiger partial charge on any atom is -0.507 e. The molecule has 0 atom stereocenters. The zero-order valence-corrected chi connectivity index (χ0v) is 17.1. The van der Waals surface area contributed by atoms with Crippen molar-refractivity contribution in [1.29, 1.82) is 0 Å². The van der Waals surface area contributed by atoms with E-state index in [1.807, 2.05) is 0 Å². The van der Waals surface area contributed by atoms with Gasteiger partial charge in [-0.15, -0.1) is 10.1 Å². The minimum absolute atomic E-state index is 0.122. The second-order valence-corrected chi connectivity index (χ2v) is 7.48. The number of fused-ring (bicyclic) bond motifs is 2. The molecule has 0 saturated heterocycles. The Morgan fingerprint density at radius 1 is 1.03 bits per heavy atom. The lowest BCUT2D eigenvalue weighted by Crippen LogP contribution is -2.04. The van der Waals surface area contributed by atoms with Gasteiger partial charge in [0.15, 0.2) is 0 Å². The fourth-order valence-electron chi connectivity index (χ4n) is 3.05. The summed E-state index contributed by atoms with van der Waals surface area (Å²) in [7, 11) is 0. The molecule has 2 aromatic carbocycles. The van der Waals surface area contributed by atoms with Gasteiger partial charge in [-0.05, 0) is 31.0 Å². The average molecular weight is 466 g/mol. The van der Waals surface area contributed by atoms with Gasteiger partial charge in [0.1, 0.15) is 28.1 Å². The molecular weight excluding hydrogens is 446 g/mol. The Labute approximate surface area is 174 Å². The van der Waals surface area contributed by atoms with Crippen LogP contribution in [0.4, 0.5) is 0 Å². The summed E-state index contributed by atoms with van der Waals surface area (Å²) < 4.78 is 12.2. The van der Waals surface area contributed by atoms with Crippen LogP contribution >= 0.6 is 15.9 Å². The number of unbranched alkanes of at least 4 members (excludes halogenated alkanes) is 4. The van der Waals surface area contributed by atoms with Crippen molar-refractivity contribution in [1.82, 2.24) is 0 Å². The van der Waals surface area contributed by atoms with E-state index in [1.54, 1.807) is 24.3 Å². The predicted octanol–water partition coefficient (Wildman–Crippen LogP) is 4.95. The monoisotopic (exact) mass is 465 g/mol. The van der Waals surface area contributed by atoms with E-state index in [0.717, 1.165) is 30.2 Å². The maximum absolute atomic E-state index is 12.7. The third kappa shape index (κ3) is 5.38. The number of phenols is 1. The summed E-state index contributed by atoms with van der Waals surface area (Å²) >= 11 is 3.33. The Kier molecular flexibility index (Phi) is 6.92. The van der Waals surface area contributed by atoms with E-state index >= 15 is 0 Å². The molecule has 1 aromatic heterocycles. The lowest BCUT2D eigenvalue weighted by Gasteiger charge is -2.09. The zero-order valence-electron chi connectivity index (χ0n) is 15.6. The number of benzene rings is 2. The molecule has 0 saturated carbocycles. The molecule has 0 spiro atoms. The fourth-order valence-corrected chi connectivity index (χ4v) is 3.41. The molecule has 3 rings (SSSR count). The van der Waals surface area contributed by atoms with Gasteiger partial charge in [-0.3, -0.25) is 4.79 Å². The van der Waals surface area contributed by atoms with Crippen LogP contribution in [-0.2, 0) is 4.84 Å². The second kappa shape index (κ2) is 9.60. The van der Waals surface area contributed by atoms with Crippen LogP contribution in [0.1, 0.15) is 32.1 Å². The highest BCUT2D eigenvalue weighted by Crippen LogP contribution is 2.31. The number of hydrogen-bond acceptors (Lipinski definition) is 7. The standard InChI is InChI=1S/C20H20BrNO7/c21-13-6-7-17-15(10-13)20(24)19-16(23)11-14(12-18(19)29-17)27-8-4-2-1-3-5-9-28-22(25)26/h6-7,10-12,23H,1-5,8-9H2. The van der Waals surface area contributed by atoms with E-state index < -0.39 is 5.09 Å². The van der Waals surface area contributed by atoms with Gasteiger partial charge in [-0.25, -0.2) is 0 Å². The van der Waals surface area contributed by atoms with Crippen molar-refractivity contribution in [2.75, 3.05) is 13.2 Å². The summed E-state index contributed by atoms with van der Waals surface area (Å²) in [6.45, 7) is 0.567. The van der Waals surface area contributed by atoms with Crippen LogP contribution in [0.2, 0.25) is 0 Å². The first-order chi connectivity index (χ1) is 14.0. The van der Waals surface area contributed by atoms with Crippen molar-refractivity contribution in [2.24, 2.45) is 0 Å². The predicted molar refractivity (Wildman–Crippen MR) is 111 cm³/mol. The van der Waals surface area contributed by atoms with Crippen LogP contribution in [0, 0.1) is 10.1 Å². The van der Waals surface area contributed by atoms with E-state index in [4.69, 9.17) is 9.15 Å². The third-order valence-electron chi connectivity index (χ3n) is 4.44. The number of nitrogens with zero attached hydrogens (tertiary/aromatic N) is 1. The zero-order chi connectivity index (χ0) is 20.8. The van der Waals surface area contributed by atoms with Crippen molar-refractivity contribution < 1.29 is 24.2 Å². The summed E-state index contributed by atoms with van der Waals surface area (Å²) in [6.07, 6.45) is 4.12. The van der Waals surface area contributed by atoms with Gasteiger partial charge in [-0.2, -0.15) is 0 Å². The van der Waals surface area contributed by atoms with Crippen molar-refractivity contribution in [3.05, 3.63) is 55.1 Å². The molecule has 29 heavy (non-hydrogen) atoms. The quantitative estimate of drug-likeness (QED) is 0.195. The maximum atomic E-state index is 12.7. The van der Waals surface area contributed by atoms with E-state index in [0.29, 0.717) is 29.7 Å². The molecule has 0 aliphatic rings. The van der Waals surface area contributed by atoms with Gasteiger partial charge in [0, 0.05) is 16.6 Å². The summed E-state index contributed by atoms with van der Waals surface area (Å²) in [6, 6.07) is 8.15. The molecular formula is C20H20BrNO7. The summed E-state index contributed by atoms with van der Waals surface area (Å²) in [4.78, 5) is 27.0. The topological polar surface area (TPSA) is 112 Å². The minimum atomic E-state index is -0.781. The summed E-state index contributed by atoms with van der Waals surface area (Å²) in [5, 5.41) is 20.1. The van der Waals surface area contributed by atoms with Crippen LogP contribution < -0.4 is 10.2 Å². The molecule has 0 aliphatic carbocycles. The van der Waals surface area contributed by atoms with Crippen molar-refractivity contribution in [3.63, 3.8) is 0 Å². The van der Waals surface area contributed by atoms with Gasteiger partial charge in [-0.1, -0.05) is 35.2 Å². The Balaban J connectivity index is 1.58. The van der Waals surface area contributed by atoms with Gasteiger partial charge in [0.25, 0.3) is 5.09 Å². The number of halogens is 1. The normalized spacial score (nSPS) is 11.1. The first-order valence-electron chi connectivity index (χ1n) is 9.25. The van der Waals surface area contributed by atoms with Crippen molar-refractivity contribution in [3.8, 4) is 11.5 Å². The van der Waals surface area contributed by atoms with Gasteiger partial charge < -0.3 is 19.1 Å². The molecule has 1 heterocycles. The van der Waals surface area contributed by atoms with Crippen molar-refractivity contribution in [2.45, 2.75) is 32.1 Å². The van der Waals surface area contributed by atoms with Gasteiger partial charge in [0.05, 0.1) is 18.6 Å². The smallest absolute Gasteiger partial charge is 0.294 e. The lowest BCUT2D eigenvalue weighted by atomic mass is 10.1. The fraction of sp³-hybridized carbons (Fsp3) is 0.350. The van der Waals surface area contributed by atoms with Gasteiger partial charge >= 0.3 is 0 Å². The SMILES string of the molecule is O=c1c2cc(Br)ccc2oc2cc(OCCCCCCCO[N+](=O)[O-])cc(O)c12. The van der Waals surface area contributed by atoms with E-state index in [1.165, 1.54) is 6.07 Å². The number of ether oxygens (including phenoxy) is 1. The average Bonchev–Trinajstić information content (AvgIpc) is 2.67. The van der Waals surface area contributed by atoms with Crippen LogP contribution in [-0.4, -0.2) is 23.4 Å². The summed E-state index contributed by atoms with van der Waals surface area (Å²) in [5.41, 5.74) is 0.404. The number of aromatic hydroxyl groups is 1. The molecule has 0 fully saturated rings. The lowest BCUT2D eigenvalue weighted by molar-refractivity contribution is -0.757. The second-order valence-electron chi connectivity index (χ2n) is 6.56. The van der Waals surface area contributed by atoms with Crippen molar-refractivity contribution >= 4 is 37.9 Å². The van der Waals surface area contributed by atoms with E-state index in [-0.39, 0.29) is 28.8 Å². The van der Waals surface area contributed by atoms with Crippen LogP contribution in [0.3, 0.4) is 0 Å². The largest absolute Gasteiger partial charge is 0.507 e. The Bertz CT molecular complexity index is 1080. The highest BCUT2D eigenvalue weighted by Gasteiger charge is 2.14. The van der Waals surface area contributed by atoms with E-state index in [9.17, 15) is 20.0 Å². The van der Waals surface area contributed by atoms with Crippen LogP contribution in [0.25, 0.3) is 21.9 Å². The molecule has 0 radical (unpaired) electrons. The molecule has 8 nitrogen and oxygen atoms in total. The molecule has 9 heteroatoms. The van der Waals surface area contributed by atoms with Crippen LogP contribution in [0.5, 0.6) is 11.5 Å². The van der Waals surface area contributed by atoms with Crippen LogP contribution in [0.15, 0.2) is 44.0 Å². The van der Waals surface area contributed by atoms with E-state index in [2.05, 4.69) is 20.8 Å². The highest BCUT2D eigenvalue weighted by molar-refractivity contribution is 9.10. The number of hydrogen-bond donors (Lipinski definition) is 1. The molecule has 0 bridgehead atoms. The molecule has 0 aliphatic heterocycles. The highest BCUT2D eigenvalue weighted by atomic mass is 79.9. The van der Waals surface area contributed by atoms with Gasteiger partial charge in [0.2, 0.25) is 5.43 Å². The third-order valence-corrected chi connectivity index (χ3v) is 4.94. The first-order valence-corrected chi connectivity index (χ1v) is 10.0. The molecule has 1 N–H and O–H groups in total. The molecule has 0 unspecified atom stereocenters. The Morgan fingerprint density at radius 2 is 1.76 bits per heavy atom. The number of rotatable bonds is 10. The maximum Gasteiger partial charge on any atom is 0.294 e. The Morgan fingerprint density at radius 3 is 2.52 bits per heavy atom. The number of phenolic OH excluding ortho intramolecular Hbond substituents is 1. The Hall–Kier alpha value is -2.81. The summed E-state index contributed by atoms with van der Waals surface area (Å²) in [5.74, 6) is 0.243. The first kappa shape index (κ1) is 20.9. The molecule has 0 amide bonds. The molecule has 3 aromatic rings.